The Labute approximate surface area is 203 Å². The highest BCUT2D eigenvalue weighted by Gasteiger charge is 2.17. The number of nitrogens with zero attached hydrogens (tertiary/aromatic N) is 1. The van der Waals surface area contributed by atoms with Gasteiger partial charge < -0.3 is 19.5 Å². The van der Waals surface area contributed by atoms with Crippen LogP contribution in [-0.4, -0.2) is 31.8 Å². The highest BCUT2D eigenvalue weighted by Crippen LogP contribution is 2.32. The zero-order valence-electron chi connectivity index (χ0n) is 20.0. The van der Waals surface area contributed by atoms with Gasteiger partial charge in [-0.25, -0.2) is 0 Å². The van der Waals surface area contributed by atoms with Gasteiger partial charge in [-0.3, -0.25) is 14.2 Å². The van der Waals surface area contributed by atoms with Crippen LogP contribution in [0.3, 0.4) is 0 Å². The van der Waals surface area contributed by atoms with E-state index in [1.54, 1.807) is 38.5 Å². The molecule has 0 fully saturated rings. The van der Waals surface area contributed by atoms with E-state index in [-0.39, 0.29) is 18.0 Å². The van der Waals surface area contributed by atoms with Gasteiger partial charge >= 0.3 is 0 Å². The third-order valence-corrected chi connectivity index (χ3v) is 5.88. The second-order valence-electron chi connectivity index (χ2n) is 8.06. The molecule has 3 aromatic carbocycles. The lowest BCUT2D eigenvalue weighted by Gasteiger charge is -2.16. The third kappa shape index (κ3) is 5.30. The molecule has 1 aromatic heterocycles. The monoisotopic (exact) mass is 472 g/mol. The van der Waals surface area contributed by atoms with Crippen molar-refractivity contribution in [2.24, 2.45) is 0 Å². The molecule has 0 bridgehead atoms. The molecule has 1 N–H and O–H groups in total. The molecular weight excluding hydrogens is 444 g/mol. The Kier molecular flexibility index (Phi) is 7.35. The van der Waals surface area contributed by atoms with Crippen LogP contribution in [-0.2, 0) is 24.2 Å². The van der Waals surface area contributed by atoms with E-state index in [4.69, 9.17) is 14.2 Å². The van der Waals surface area contributed by atoms with Crippen molar-refractivity contribution in [2.45, 2.75) is 19.4 Å². The molecule has 0 aliphatic carbocycles. The number of carbonyl (C=O) groups excluding carboxylic acids is 1. The zero-order valence-corrected chi connectivity index (χ0v) is 20.0. The summed E-state index contributed by atoms with van der Waals surface area (Å²) in [6.45, 7) is -0.165. The van der Waals surface area contributed by atoms with E-state index in [1.165, 1.54) is 11.7 Å². The van der Waals surface area contributed by atoms with Crippen molar-refractivity contribution in [1.29, 1.82) is 0 Å². The van der Waals surface area contributed by atoms with Gasteiger partial charge in [0.15, 0.2) is 11.5 Å². The summed E-state index contributed by atoms with van der Waals surface area (Å²) in [5.74, 6) is 1.24. The number of aromatic nitrogens is 1. The summed E-state index contributed by atoms with van der Waals surface area (Å²) >= 11 is 0. The van der Waals surface area contributed by atoms with Crippen LogP contribution in [0.25, 0.3) is 10.9 Å². The van der Waals surface area contributed by atoms with Crippen LogP contribution in [0.15, 0.2) is 77.6 Å². The number of amides is 1. The van der Waals surface area contributed by atoms with E-state index in [9.17, 15) is 9.59 Å². The number of benzene rings is 3. The molecule has 7 nitrogen and oxygen atoms in total. The van der Waals surface area contributed by atoms with Gasteiger partial charge in [-0.1, -0.05) is 42.5 Å². The number of aryl methyl sites for hydroxylation is 2. The van der Waals surface area contributed by atoms with Crippen molar-refractivity contribution in [3.05, 3.63) is 94.3 Å². The molecule has 7 heteroatoms. The molecule has 0 radical (unpaired) electrons. The number of nitrogens with one attached hydrogen (secondary N) is 1. The summed E-state index contributed by atoms with van der Waals surface area (Å²) in [4.78, 5) is 26.6. The van der Waals surface area contributed by atoms with Crippen LogP contribution < -0.4 is 25.1 Å². The molecule has 0 unspecified atom stereocenters. The Hall–Kier alpha value is -4.26. The summed E-state index contributed by atoms with van der Waals surface area (Å²) in [7, 11) is 4.64. The third-order valence-electron chi connectivity index (χ3n) is 5.88. The zero-order chi connectivity index (χ0) is 24.8. The van der Waals surface area contributed by atoms with E-state index in [0.717, 1.165) is 10.9 Å². The van der Waals surface area contributed by atoms with Crippen molar-refractivity contribution < 1.29 is 19.0 Å². The number of para-hydroxylation sites is 2. The Morgan fingerprint density at radius 3 is 2.17 bits per heavy atom. The van der Waals surface area contributed by atoms with Gasteiger partial charge in [0.25, 0.3) is 5.56 Å². The van der Waals surface area contributed by atoms with Gasteiger partial charge in [-0.05, 0) is 42.7 Å². The van der Waals surface area contributed by atoms with Crippen LogP contribution in [0.1, 0.15) is 11.1 Å². The molecule has 1 amide bonds. The van der Waals surface area contributed by atoms with Gasteiger partial charge in [-0.2, -0.15) is 0 Å². The maximum atomic E-state index is 13.6. The van der Waals surface area contributed by atoms with Crippen LogP contribution in [0.4, 0.5) is 5.69 Å². The predicted molar refractivity (Wildman–Crippen MR) is 137 cm³/mol. The molecule has 0 aliphatic rings. The normalized spacial score (nSPS) is 10.7. The van der Waals surface area contributed by atoms with E-state index >= 15 is 0 Å². The number of pyridine rings is 1. The SMILES string of the molecule is COc1ccccc1NC(=O)Cn1c(=O)c(CCc2ccccc2)cc2cc(OC)c(OC)cc21. The van der Waals surface area contributed by atoms with Crippen molar-refractivity contribution in [3.63, 3.8) is 0 Å². The highest BCUT2D eigenvalue weighted by atomic mass is 16.5. The number of fused-ring (bicyclic) bond motifs is 1. The molecule has 35 heavy (non-hydrogen) atoms. The molecule has 0 spiro atoms. The maximum Gasteiger partial charge on any atom is 0.254 e. The molecule has 4 rings (SSSR count). The average Bonchev–Trinajstić information content (AvgIpc) is 2.89. The van der Waals surface area contributed by atoms with Crippen LogP contribution >= 0.6 is 0 Å². The van der Waals surface area contributed by atoms with Crippen molar-refractivity contribution in [2.75, 3.05) is 26.6 Å². The average molecular weight is 473 g/mol. The quantitative estimate of drug-likeness (QED) is 0.389. The van der Waals surface area contributed by atoms with Crippen molar-refractivity contribution >= 4 is 22.5 Å². The minimum Gasteiger partial charge on any atom is -0.495 e. The summed E-state index contributed by atoms with van der Waals surface area (Å²) in [5.41, 5.74) is 2.68. The van der Waals surface area contributed by atoms with Crippen molar-refractivity contribution in [3.8, 4) is 17.2 Å². The van der Waals surface area contributed by atoms with E-state index in [1.807, 2.05) is 48.5 Å². The number of hydrogen-bond donors (Lipinski definition) is 1. The second kappa shape index (κ2) is 10.8. The fourth-order valence-corrected chi connectivity index (χ4v) is 4.11. The minimum absolute atomic E-state index is 0.165. The van der Waals surface area contributed by atoms with Gasteiger partial charge in [0.2, 0.25) is 5.91 Å². The number of methoxy groups -OCH3 is 3. The maximum absolute atomic E-state index is 13.6. The Morgan fingerprint density at radius 1 is 0.800 bits per heavy atom. The lowest BCUT2D eigenvalue weighted by atomic mass is 10.0. The lowest BCUT2D eigenvalue weighted by molar-refractivity contribution is -0.116. The lowest BCUT2D eigenvalue weighted by Crippen LogP contribution is -2.30. The predicted octanol–water partition coefficient (Wildman–Crippen LogP) is 4.45. The van der Waals surface area contributed by atoms with Gasteiger partial charge in [0.1, 0.15) is 12.3 Å². The van der Waals surface area contributed by atoms with Gasteiger partial charge in [-0.15, -0.1) is 0 Å². The summed E-state index contributed by atoms with van der Waals surface area (Å²) in [5, 5.41) is 3.64. The number of rotatable bonds is 9. The molecule has 0 saturated carbocycles. The fourth-order valence-electron chi connectivity index (χ4n) is 4.11. The molecule has 0 saturated heterocycles. The number of hydrogen-bond acceptors (Lipinski definition) is 5. The molecule has 1 heterocycles. The molecule has 0 aliphatic heterocycles. The molecule has 180 valence electrons. The minimum atomic E-state index is -0.340. The van der Waals surface area contributed by atoms with Crippen molar-refractivity contribution in [1.82, 2.24) is 4.57 Å². The number of carbonyl (C=O) groups is 1. The Morgan fingerprint density at radius 2 is 1.46 bits per heavy atom. The van der Waals surface area contributed by atoms with Crippen LogP contribution in [0, 0.1) is 0 Å². The first-order valence-electron chi connectivity index (χ1n) is 11.3. The van der Waals surface area contributed by atoms with Crippen LogP contribution in [0.2, 0.25) is 0 Å². The highest BCUT2D eigenvalue weighted by molar-refractivity contribution is 5.93. The number of ether oxygens (including phenoxy) is 3. The summed E-state index contributed by atoms with van der Waals surface area (Å²) in [6.07, 6.45) is 1.25. The second-order valence-corrected chi connectivity index (χ2v) is 8.06. The Bertz CT molecular complexity index is 1400. The number of anilines is 1. The smallest absolute Gasteiger partial charge is 0.254 e. The van der Waals surface area contributed by atoms with E-state index in [0.29, 0.717) is 46.9 Å². The van der Waals surface area contributed by atoms with E-state index < -0.39 is 0 Å². The first-order valence-corrected chi connectivity index (χ1v) is 11.3. The first-order chi connectivity index (χ1) is 17.0. The topological polar surface area (TPSA) is 78.8 Å². The standard InChI is InChI=1S/C28H28N2O5/c1-33-24-12-8-7-11-22(24)29-27(31)18-30-23-17-26(35-3)25(34-2)16-21(23)15-20(28(30)32)14-13-19-9-5-4-6-10-19/h4-12,15-17H,13-14,18H2,1-3H3,(H,29,31). The first kappa shape index (κ1) is 23.9. The molecular formula is C28H28N2O5. The van der Waals surface area contributed by atoms with Gasteiger partial charge in [0, 0.05) is 17.0 Å². The largest absolute Gasteiger partial charge is 0.495 e. The van der Waals surface area contributed by atoms with E-state index in [2.05, 4.69) is 5.32 Å². The summed E-state index contributed by atoms with van der Waals surface area (Å²) in [6, 6.07) is 22.6. The Balaban J connectivity index is 1.74. The molecule has 0 atom stereocenters. The van der Waals surface area contributed by atoms with Gasteiger partial charge in [0.05, 0.1) is 32.5 Å². The fraction of sp³-hybridized carbons (Fsp3) is 0.214. The molecule has 4 aromatic rings. The van der Waals surface area contributed by atoms with Crippen LogP contribution in [0.5, 0.6) is 17.2 Å². The summed E-state index contributed by atoms with van der Waals surface area (Å²) < 4.78 is 17.7.